The summed E-state index contributed by atoms with van der Waals surface area (Å²) < 4.78 is 5.31. The molecule has 0 saturated carbocycles. The van der Waals surface area contributed by atoms with Crippen LogP contribution in [0, 0.1) is 12.8 Å². The average Bonchev–Trinajstić information content (AvgIpc) is 2.26. The van der Waals surface area contributed by atoms with Crippen molar-refractivity contribution in [2.45, 2.75) is 26.2 Å². The summed E-state index contributed by atoms with van der Waals surface area (Å²) in [6, 6.07) is 6.32. The second kappa shape index (κ2) is 5.74. The summed E-state index contributed by atoms with van der Waals surface area (Å²) in [6.07, 6.45) is 2.92. The normalized spacial score (nSPS) is 12.6. The smallest absolute Gasteiger partial charge is 0.119 e. The molecule has 1 unspecified atom stereocenters. The van der Waals surface area contributed by atoms with E-state index in [0.29, 0.717) is 5.92 Å². The Morgan fingerprint density at radius 2 is 2.00 bits per heavy atom. The van der Waals surface area contributed by atoms with Gasteiger partial charge in [0.05, 0.1) is 7.11 Å². The van der Waals surface area contributed by atoms with Gasteiger partial charge in [0.15, 0.2) is 0 Å². The van der Waals surface area contributed by atoms with Gasteiger partial charge in [-0.25, -0.2) is 0 Å². The average molecular weight is 217 g/mol. The third-order valence-electron chi connectivity index (χ3n) is 2.58. The predicted octanol–water partition coefficient (Wildman–Crippen LogP) is 4.00. The topological polar surface area (TPSA) is 9.23 Å². The summed E-state index contributed by atoms with van der Waals surface area (Å²) in [6.45, 7) is 12.3. The molecule has 0 spiro atoms. The van der Waals surface area contributed by atoms with Gasteiger partial charge in [-0.2, -0.15) is 0 Å². The molecular formula is C15H21O. The summed E-state index contributed by atoms with van der Waals surface area (Å²) in [4.78, 5) is 0. The molecule has 0 amide bonds. The Morgan fingerprint density at radius 1 is 1.31 bits per heavy atom. The molecule has 1 heteroatoms. The number of hydrogen-bond donors (Lipinski definition) is 0. The summed E-state index contributed by atoms with van der Waals surface area (Å²) in [7, 11) is 1.70. The van der Waals surface area contributed by atoms with Gasteiger partial charge in [-0.15, -0.1) is 6.58 Å². The molecule has 87 valence electrons. The lowest BCUT2D eigenvalue weighted by Gasteiger charge is -2.13. The van der Waals surface area contributed by atoms with Gasteiger partial charge in [0.1, 0.15) is 5.75 Å². The Morgan fingerprint density at radius 3 is 2.50 bits per heavy atom. The van der Waals surface area contributed by atoms with E-state index in [1.165, 1.54) is 11.1 Å². The van der Waals surface area contributed by atoms with Crippen LogP contribution in [0.3, 0.4) is 0 Å². The molecule has 1 rings (SSSR count). The minimum absolute atomic E-state index is 0.126. The highest BCUT2D eigenvalue weighted by Crippen LogP contribution is 2.25. The Labute approximate surface area is 99.1 Å². The van der Waals surface area contributed by atoms with Crippen molar-refractivity contribution in [1.29, 1.82) is 0 Å². The van der Waals surface area contributed by atoms with Gasteiger partial charge in [0, 0.05) is 5.92 Å². The monoisotopic (exact) mass is 217 g/mol. The Hall–Kier alpha value is -1.24. The number of ether oxygens (including phenoxy) is 1. The van der Waals surface area contributed by atoms with E-state index in [9.17, 15) is 0 Å². The van der Waals surface area contributed by atoms with Crippen molar-refractivity contribution >= 4 is 0 Å². The lowest BCUT2D eigenvalue weighted by atomic mass is 9.95. The third kappa shape index (κ3) is 3.41. The van der Waals surface area contributed by atoms with Crippen molar-refractivity contribution < 1.29 is 4.74 Å². The largest absolute Gasteiger partial charge is 0.497 e. The lowest BCUT2D eigenvalue weighted by molar-refractivity contribution is 0.413. The first-order valence-corrected chi connectivity index (χ1v) is 5.70. The zero-order chi connectivity index (χ0) is 12.1. The highest BCUT2D eigenvalue weighted by atomic mass is 16.5. The van der Waals surface area contributed by atoms with Crippen LogP contribution in [0.5, 0.6) is 5.75 Å². The van der Waals surface area contributed by atoms with E-state index in [1.807, 2.05) is 12.1 Å². The standard InChI is InChI=1S/C15H21O/c1-6-12(4)14-8-13(7-11(2)3)9-15(10-14)16-5/h6,8-12H,1,4,7H2,2-3,5H3. The Bertz CT molecular complexity index is 352. The number of hydrogen-bond acceptors (Lipinski definition) is 1. The minimum Gasteiger partial charge on any atom is -0.497 e. The summed E-state index contributed by atoms with van der Waals surface area (Å²) in [5.41, 5.74) is 2.48. The van der Waals surface area contributed by atoms with Gasteiger partial charge in [0.25, 0.3) is 0 Å². The molecule has 0 aliphatic rings. The predicted molar refractivity (Wildman–Crippen MR) is 69.8 cm³/mol. The highest BCUT2D eigenvalue weighted by Gasteiger charge is 2.07. The fraction of sp³-hybridized carbons (Fsp3) is 0.400. The maximum atomic E-state index is 5.31. The molecule has 1 atom stereocenters. The second-order valence-electron chi connectivity index (χ2n) is 4.55. The molecule has 16 heavy (non-hydrogen) atoms. The van der Waals surface area contributed by atoms with Crippen LogP contribution >= 0.6 is 0 Å². The zero-order valence-corrected chi connectivity index (χ0v) is 10.5. The van der Waals surface area contributed by atoms with Crippen LogP contribution in [0.1, 0.15) is 30.9 Å². The van der Waals surface area contributed by atoms with Crippen LogP contribution in [0.4, 0.5) is 0 Å². The molecule has 0 heterocycles. The molecule has 1 nitrogen and oxygen atoms in total. The second-order valence-corrected chi connectivity index (χ2v) is 4.55. The van der Waals surface area contributed by atoms with Crippen molar-refractivity contribution in [3.05, 3.63) is 48.9 Å². The number of benzene rings is 1. The Kier molecular flexibility index (Phi) is 4.60. The van der Waals surface area contributed by atoms with E-state index in [1.54, 1.807) is 7.11 Å². The maximum absolute atomic E-state index is 5.31. The van der Waals surface area contributed by atoms with E-state index >= 15 is 0 Å². The van der Waals surface area contributed by atoms with E-state index < -0.39 is 0 Å². The molecule has 0 aromatic heterocycles. The van der Waals surface area contributed by atoms with E-state index in [0.717, 1.165) is 12.2 Å². The SMILES string of the molecule is [CH2]C(C=C)c1cc(CC(C)C)cc(OC)c1. The number of methoxy groups -OCH3 is 1. The molecule has 0 aliphatic carbocycles. The van der Waals surface area contributed by atoms with Gasteiger partial charge in [-0.05, 0) is 42.5 Å². The van der Waals surface area contributed by atoms with Crippen LogP contribution in [0.25, 0.3) is 0 Å². The molecule has 0 bridgehead atoms. The molecule has 0 fully saturated rings. The summed E-state index contributed by atoms with van der Waals surface area (Å²) >= 11 is 0. The van der Waals surface area contributed by atoms with Crippen molar-refractivity contribution in [3.8, 4) is 5.75 Å². The van der Waals surface area contributed by atoms with Gasteiger partial charge < -0.3 is 4.74 Å². The lowest BCUT2D eigenvalue weighted by Crippen LogP contribution is -1.98. The third-order valence-corrected chi connectivity index (χ3v) is 2.58. The number of allylic oxidation sites excluding steroid dienone is 1. The van der Waals surface area contributed by atoms with Crippen LogP contribution in [0.2, 0.25) is 0 Å². The van der Waals surface area contributed by atoms with Crippen molar-refractivity contribution in [2.24, 2.45) is 5.92 Å². The first-order valence-electron chi connectivity index (χ1n) is 5.70. The zero-order valence-electron chi connectivity index (χ0n) is 10.5. The molecule has 1 aromatic carbocycles. The maximum Gasteiger partial charge on any atom is 0.119 e. The van der Waals surface area contributed by atoms with E-state index in [2.05, 4.69) is 39.5 Å². The van der Waals surface area contributed by atoms with Crippen molar-refractivity contribution in [2.75, 3.05) is 7.11 Å². The van der Waals surface area contributed by atoms with Gasteiger partial charge >= 0.3 is 0 Å². The van der Waals surface area contributed by atoms with Crippen LogP contribution in [-0.2, 0) is 6.42 Å². The van der Waals surface area contributed by atoms with Gasteiger partial charge in [-0.1, -0.05) is 26.0 Å². The molecule has 1 radical (unpaired) electrons. The quantitative estimate of drug-likeness (QED) is 0.677. The Balaban J connectivity index is 3.05. The van der Waals surface area contributed by atoms with Crippen LogP contribution in [0.15, 0.2) is 30.9 Å². The summed E-state index contributed by atoms with van der Waals surface area (Å²) in [5.74, 6) is 1.68. The van der Waals surface area contributed by atoms with Gasteiger partial charge in [0.2, 0.25) is 0 Å². The highest BCUT2D eigenvalue weighted by molar-refractivity contribution is 5.38. The van der Waals surface area contributed by atoms with E-state index in [-0.39, 0.29) is 5.92 Å². The first-order chi connectivity index (χ1) is 7.56. The molecule has 0 saturated heterocycles. The molecule has 1 aromatic rings. The first kappa shape index (κ1) is 12.8. The summed E-state index contributed by atoms with van der Waals surface area (Å²) in [5, 5.41) is 0. The fourth-order valence-electron chi connectivity index (χ4n) is 1.74. The number of rotatable bonds is 5. The van der Waals surface area contributed by atoms with Gasteiger partial charge in [-0.3, -0.25) is 0 Å². The van der Waals surface area contributed by atoms with Crippen LogP contribution < -0.4 is 4.74 Å². The van der Waals surface area contributed by atoms with Crippen molar-refractivity contribution in [3.63, 3.8) is 0 Å². The minimum atomic E-state index is 0.126. The van der Waals surface area contributed by atoms with E-state index in [4.69, 9.17) is 4.74 Å². The fourth-order valence-corrected chi connectivity index (χ4v) is 1.74. The molecular weight excluding hydrogens is 196 g/mol. The van der Waals surface area contributed by atoms with Crippen LogP contribution in [-0.4, -0.2) is 7.11 Å². The molecule has 0 aliphatic heterocycles. The molecule has 0 N–H and O–H groups in total. The van der Waals surface area contributed by atoms with Crippen molar-refractivity contribution in [1.82, 2.24) is 0 Å².